The summed E-state index contributed by atoms with van der Waals surface area (Å²) >= 11 is 0. The molecule has 3 nitrogen and oxygen atoms in total. The van der Waals surface area contributed by atoms with Crippen molar-refractivity contribution in [1.82, 2.24) is 9.80 Å². The van der Waals surface area contributed by atoms with Gasteiger partial charge in [-0.1, -0.05) is 0 Å². The predicted molar refractivity (Wildman–Crippen MR) is 73.3 cm³/mol. The van der Waals surface area contributed by atoms with E-state index >= 15 is 0 Å². The van der Waals surface area contributed by atoms with Crippen molar-refractivity contribution >= 4 is 0 Å². The minimum absolute atomic E-state index is 0.139. The first kappa shape index (κ1) is 14.9. The normalized spacial score (nSPS) is 20.6. The molecule has 0 aromatic rings. The molecule has 0 heterocycles. The highest BCUT2D eigenvalue weighted by Gasteiger charge is 2.39. The SMILES string of the molecule is CC(O)CCCCN(C)CC1(N(C)C)CCC1. The molecule has 0 saturated heterocycles. The van der Waals surface area contributed by atoms with Gasteiger partial charge in [0.25, 0.3) is 0 Å². The van der Waals surface area contributed by atoms with Crippen LogP contribution in [0.15, 0.2) is 0 Å². The average molecular weight is 242 g/mol. The zero-order valence-electron chi connectivity index (χ0n) is 12.1. The molecule has 1 fully saturated rings. The molecule has 0 aromatic heterocycles. The smallest absolute Gasteiger partial charge is 0.0512 e. The molecule has 0 amide bonds. The summed E-state index contributed by atoms with van der Waals surface area (Å²) in [5.74, 6) is 0. The number of rotatable bonds is 8. The van der Waals surface area contributed by atoms with E-state index in [-0.39, 0.29) is 6.10 Å². The van der Waals surface area contributed by atoms with E-state index in [1.165, 1.54) is 32.2 Å². The maximum atomic E-state index is 9.20. The maximum absolute atomic E-state index is 9.20. The fraction of sp³-hybridized carbons (Fsp3) is 1.00. The van der Waals surface area contributed by atoms with E-state index in [4.69, 9.17) is 0 Å². The van der Waals surface area contributed by atoms with Gasteiger partial charge in [-0.05, 0) is 73.1 Å². The van der Waals surface area contributed by atoms with Gasteiger partial charge >= 0.3 is 0 Å². The van der Waals surface area contributed by atoms with Gasteiger partial charge in [-0.3, -0.25) is 0 Å². The second kappa shape index (κ2) is 6.72. The summed E-state index contributed by atoms with van der Waals surface area (Å²) in [6, 6.07) is 0. The van der Waals surface area contributed by atoms with Crippen molar-refractivity contribution in [3.63, 3.8) is 0 Å². The Morgan fingerprint density at radius 3 is 2.24 bits per heavy atom. The molecule has 1 saturated carbocycles. The first-order valence-corrected chi connectivity index (χ1v) is 7.00. The summed E-state index contributed by atoms with van der Waals surface area (Å²) in [6.07, 6.45) is 7.21. The van der Waals surface area contributed by atoms with Crippen LogP contribution in [-0.4, -0.2) is 60.8 Å². The summed E-state index contributed by atoms with van der Waals surface area (Å²) in [7, 11) is 6.65. The second-order valence-corrected chi connectivity index (χ2v) is 6.05. The highest BCUT2D eigenvalue weighted by Crippen LogP contribution is 2.36. The van der Waals surface area contributed by atoms with E-state index in [0.717, 1.165) is 19.4 Å². The van der Waals surface area contributed by atoms with Crippen LogP contribution >= 0.6 is 0 Å². The Morgan fingerprint density at radius 2 is 1.82 bits per heavy atom. The predicted octanol–water partition coefficient (Wildman–Crippen LogP) is 1.95. The Labute approximate surface area is 107 Å². The van der Waals surface area contributed by atoms with E-state index < -0.39 is 0 Å². The van der Waals surface area contributed by atoms with Gasteiger partial charge in [-0.25, -0.2) is 0 Å². The van der Waals surface area contributed by atoms with Crippen molar-refractivity contribution in [1.29, 1.82) is 0 Å². The Balaban J connectivity index is 2.17. The Bertz CT molecular complexity index is 212. The lowest BCUT2D eigenvalue weighted by Crippen LogP contribution is -2.56. The zero-order chi connectivity index (χ0) is 12.9. The third-order valence-electron chi connectivity index (χ3n) is 4.21. The number of likely N-dealkylation sites (N-methyl/N-ethyl adjacent to an activating group) is 2. The Hall–Kier alpha value is -0.120. The zero-order valence-corrected chi connectivity index (χ0v) is 12.1. The van der Waals surface area contributed by atoms with Crippen LogP contribution in [0.5, 0.6) is 0 Å². The molecular formula is C14H30N2O. The topological polar surface area (TPSA) is 26.7 Å². The van der Waals surface area contributed by atoms with Crippen molar-refractivity contribution in [2.75, 3.05) is 34.2 Å². The first-order valence-electron chi connectivity index (χ1n) is 7.00. The maximum Gasteiger partial charge on any atom is 0.0512 e. The van der Waals surface area contributed by atoms with E-state index in [1.54, 1.807) is 0 Å². The van der Waals surface area contributed by atoms with Crippen LogP contribution in [0.2, 0.25) is 0 Å². The molecule has 3 heteroatoms. The lowest BCUT2D eigenvalue weighted by Gasteiger charge is -2.49. The van der Waals surface area contributed by atoms with Gasteiger partial charge < -0.3 is 14.9 Å². The third kappa shape index (κ3) is 4.57. The molecule has 0 bridgehead atoms. The van der Waals surface area contributed by atoms with Crippen LogP contribution in [0.25, 0.3) is 0 Å². The monoisotopic (exact) mass is 242 g/mol. The van der Waals surface area contributed by atoms with E-state index in [1.807, 2.05) is 6.92 Å². The summed E-state index contributed by atoms with van der Waals surface area (Å²) in [5.41, 5.74) is 0.443. The van der Waals surface area contributed by atoms with Gasteiger partial charge in [0.1, 0.15) is 0 Å². The average Bonchev–Trinajstić information content (AvgIpc) is 2.17. The fourth-order valence-corrected chi connectivity index (χ4v) is 2.73. The van der Waals surface area contributed by atoms with Crippen LogP contribution < -0.4 is 0 Å². The molecule has 0 radical (unpaired) electrons. The molecule has 102 valence electrons. The molecule has 17 heavy (non-hydrogen) atoms. The van der Waals surface area contributed by atoms with Crippen LogP contribution in [0.1, 0.15) is 45.4 Å². The number of aliphatic hydroxyl groups is 1. The molecule has 1 aliphatic rings. The van der Waals surface area contributed by atoms with E-state index in [0.29, 0.717) is 5.54 Å². The summed E-state index contributed by atoms with van der Waals surface area (Å²) in [6.45, 7) is 4.22. The minimum Gasteiger partial charge on any atom is -0.393 e. The van der Waals surface area contributed by atoms with Crippen molar-refractivity contribution in [2.45, 2.75) is 57.1 Å². The lowest BCUT2D eigenvalue weighted by atomic mass is 9.75. The van der Waals surface area contributed by atoms with E-state index in [9.17, 15) is 5.11 Å². The number of nitrogens with zero attached hydrogens (tertiary/aromatic N) is 2. The molecule has 0 aliphatic heterocycles. The standard InChI is InChI=1S/C14H30N2O/c1-13(17)8-5-6-11-16(4)12-14(15(2)3)9-7-10-14/h13,17H,5-12H2,1-4H3. The lowest BCUT2D eigenvalue weighted by molar-refractivity contribution is 0.0273. The molecule has 0 spiro atoms. The van der Waals surface area contributed by atoms with Gasteiger partial charge in [0, 0.05) is 12.1 Å². The summed E-state index contributed by atoms with van der Waals surface area (Å²) in [4.78, 5) is 4.87. The fourth-order valence-electron chi connectivity index (χ4n) is 2.73. The molecule has 1 unspecified atom stereocenters. The van der Waals surface area contributed by atoms with Crippen LogP contribution in [0.4, 0.5) is 0 Å². The molecule has 1 N–H and O–H groups in total. The molecule has 1 aliphatic carbocycles. The number of hydrogen-bond acceptors (Lipinski definition) is 3. The van der Waals surface area contributed by atoms with Crippen molar-refractivity contribution < 1.29 is 5.11 Å². The van der Waals surface area contributed by atoms with Crippen molar-refractivity contribution in [3.8, 4) is 0 Å². The van der Waals surface area contributed by atoms with Gasteiger partial charge in [-0.2, -0.15) is 0 Å². The summed E-state index contributed by atoms with van der Waals surface area (Å²) in [5, 5.41) is 9.20. The largest absolute Gasteiger partial charge is 0.393 e. The Morgan fingerprint density at radius 1 is 1.18 bits per heavy atom. The minimum atomic E-state index is -0.139. The quantitative estimate of drug-likeness (QED) is 0.659. The van der Waals surface area contributed by atoms with Gasteiger partial charge in [0.2, 0.25) is 0 Å². The number of hydrogen-bond donors (Lipinski definition) is 1. The molecule has 0 aromatic carbocycles. The third-order valence-corrected chi connectivity index (χ3v) is 4.21. The van der Waals surface area contributed by atoms with Crippen LogP contribution in [0.3, 0.4) is 0 Å². The molecule has 1 rings (SSSR count). The van der Waals surface area contributed by atoms with Gasteiger partial charge in [0.05, 0.1) is 6.10 Å². The molecule has 1 atom stereocenters. The first-order chi connectivity index (χ1) is 7.96. The van der Waals surface area contributed by atoms with Gasteiger partial charge in [-0.15, -0.1) is 0 Å². The summed E-state index contributed by atoms with van der Waals surface area (Å²) < 4.78 is 0. The highest BCUT2D eigenvalue weighted by molar-refractivity contribution is 4.97. The van der Waals surface area contributed by atoms with Crippen molar-refractivity contribution in [3.05, 3.63) is 0 Å². The van der Waals surface area contributed by atoms with Crippen molar-refractivity contribution in [2.24, 2.45) is 0 Å². The van der Waals surface area contributed by atoms with Gasteiger partial charge in [0.15, 0.2) is 0 Å². The van der Waals surface area contributed by atoms with Crippen LogP contribution in [-0.2, 0) is 0 Å². The number of aliphatic hydroxyl groups excluding tert-OH is 1. The van der Waals surface area contributed by atoms with Crippen LogP contribution in [0, 0.1) is 0 Å². The Kier molecular flexibility index (Phi) is 5.90. The number of unbranched alkanes of at least 4 members (excludes halogenated alkanes) is 1. The highest BCUT2D eigenvalue weighted by atomic mass is 16.3. The second-order valence-electron chi connectivity index (χ2n) is 6.05. The molecular weight excluding hydrogens is 212 g/mol. The van der Waals surface area contributed by atoms with E-state index in [2.05, 4.69) is 30.9 Å².